The predicted molar refractivity (Wildman–Crippen MR) is 69.6 cm³/mol. The van der Waals surface area contributed by atoms with Gasteiger partial charge in [0.1, 0.15) is 8.64 Å². The first-order chi connectivity index (χ1) is 4.37. The number of nitrogens with two attached hydrogens (primary N) is 1. The van der Waals surface area contributed by atoms with Gasteiger partial charge in [-0.25, -0.2) is 0 Å². The van der Waals surface area contributed by atoms with Gasteiger partial charge in [0, 0.05) is 14.1 Å². The minimum atomic E-state index is 0. The molecule has 0 atom stereocenters. The van der Waals surface area contributed by atoms with Crippen molar-refractivity contribution in [1.29, 1.82) is 0 Å². The molecule has 7 heteroatoms. The Morgan fingerprint density at radius 3 is 1.36 bits per heavy atom. The Bertz CT molecular complexity index is 123. The molecule has 0 aliphatic rings. The van der Waals surface area contributed by atoms with E-state index >= 15 is 0 Å². The van der Waals surface area contributed by atoms with Gasteiger partial charge in [-0.2, -0.15) is 0 Å². The summed E-state index contributed by atoms with van der Waals surface area (Å²) in [6.07, 6.45) is 0. The number of nitrogens with zero attached hydrogens (tertiary/aromatic N) is 1. The first-order valence-electron chi connectivity index (χ1n) is 2.26. The van der Waals surface area contributed by atoms with Crippen molar-refractivity contribution in [2.24, 2.45) is 5.73 Å². The van der Waals surface area contributed by atoms with Gasteiger partial charge in [0.2, 0.25) is 0 Å². The summed E-state index contributed by atoms with van der Waals surface area (Å²) in [5.74, 6) is 0. The van der Waals surface area contributed by atoms with Crippen LogP contribution in [0.3, 0.4) is 0 Å². The van der Waals surface area contributed by atoms with Crippen LogP contribution >= 0.6 is 49.7 Å². The second kappa shape index (κ2) is 11.0. The topological polar surface area (TPSA) is 29.3 Å². The first-order valence-corrected chi connectivity index (χ1v) is 3.97. The molecule has 2 nitrogen and oxygen atoms in total. The van der Waals surface area contributed by atoms with E-state index in [1.165, 1.54) is 0 Å². The van der Waals surface area contributed by atoms with Crippen molar-refractivity contribution < 1.29 is 0 Å². The summed E-state index contributed by atoms with van der Waals surface area (Å²) in [5, 5.41) is 0. The summed E-state index contributed by atoms with van der Waals surface area (Å²) in [5.41, 5.74) is 4.71. The van der Waals surface area contributed by atoms with Crippen molar-refractivity contribution in [2.45, 2.75) is 0 Å². The Morgan fingerprint density at radius 2 is 1.36 bits per heavy atom. The van der Waals surface area contributed by atoms with Gasteiger partial charge in [-0.05, 0) is 0 Å². The van der Waals surface area contributed by atoms with Crippen LogP contribution in [0.15, 0.2) is 0 Å². The van der Waals surface area contributed by atoms with Crippen LogP contribution in [0, 0.1) is 0 Å². The normalized spacial score (nSPS) is 6.55. The monoisotopic (exact) mass is 296 g/mol. The van der Waals surface area contributed by atoms with Gasteiger partial charge in [-0.1, -0.05) is 24.4 Å². The molecule has 0 amide bonds. The number of hydrogen-bond acceptors (Lipinski definition) is 2. The van der Waals surface area contributed by atoms with E-state index < -0.39 is 0 Å². The molecule has 0 aromatic carbocycles. The molecule has 68 valence electrons. The molecule has 0 aromatic rings. The maximum atomic E-state index is 4.71. The number of thiol groups is 2. The average molecular weight is 295 g/mol. The van der Waals surface area contributed by atoms with Crippen molar-refractivity contribution in [1.82, 2.24) is 4.90 Å². The first kappa shape index (κ1) is 17.9. The summed E-state index contributed by atoms with van der Waals surface area (Å²) in [4.78, 5) is 1.76. The molecule has 0 heterocycles. The van der Waals surface area contributed by atoms with Crippen LogP contribution in [0.4, 0.5) is 0 Å². The fourth-order valence-corrected chi connectivity index (χ4v) is 0. The van der Waals surface area contributed by atoms with Crippen LogP contribution in [0.2, 0.25) is 0 Å². The molecule has 0 rings (SSSR count). The molecule has 11 heavy (non-hydrogen) atoms. The molecule has 0 radical (unpaired) electrons. The third kappa shape index (κ3) is 35.6. The second-order valence-corrected chi connectivity index (χ2v) is 3.85. The van der Waals surface area contributed by atoms with Gasteiger partial charge in [-0.15, -0.1) is 25.3 Å². The summed E-state index contributed by atoms with van der Waals surface area (Å²) < 4.78 is 0.815. The summed E-state index contributed by atoms with van der Waals surface area (Å²) in [6.45, 7) is 0. The van der Waals surface area contributed by atoms with E-state index in [1.807, 2.05) is 14.1 Å². The van der Waals surface area contributed by atoms with E-state index in [2.05, 4.69) is 49.7 Å². The van der Waals surface area contributed by atoms with E-state index in [0.717, 1.165) is 0 Å². The van der Waals surface area contributed by atoms with Gasteiger partial charge in [0.05, 0.1) is 0 Å². The molecule has 0 aliphatic heterocycles. The average Bonchev–Trinajstić information content (AvgIpc) is 1.63. The molecule has 0 aliphatic carbocycles. The Kier molecular flexibility index (Phi) is 17.9. The van der Waals surface area contributed by atoms with Crippen LogP contribution in [0.5, 0.6) is 0 Å². The van der Waals surface area contributed by atoms with E-state index in [0.29, 0.717) is 4.32 Å². The zero-order chi connectivity index (χ0) is 8.73. The maximum absolute atomic E-state index is 4.71. The molecule has 0 fully saturated rings. The van der Waals surface area contributed by atoms with Gasteiger partial charge < -0.3 is 10.6 Å². The molecule has 2 N–H and O–H groups in total. The van der Waals surface area contributed by atoms with Gasteiger partial charge in [-0.3, -0.25) is 0 Å². The second-order valence-electron chi connectivity index (χ2n) is 1.52. The van der Waals surface area contributed by atoms with E-state index in [1.54, 1.807) is 4.90 Å². The van der Waals surface area contributed by atoms with E-state index in [9.17, 15) is 0 Å². The Balaban J connectivity index is -0.000000114. The van der Waals surface area contributed by atoms with E-state index in [4.69, 9.17) is 5.73 Å². The summed E-state index contributed by atoms with van der Waals surface area (Å²) in [7, 11) is 3.71. The SMILES string of the molecule is CN(C)C(=S)S.NC(=S)S.[SeH2]. The number of hydrogen-bond donors (Lipinski definition) is 3. The number of rotatable bonds is 0. The molecular formula is C4H12N2S4Se. The van der Waals surface area contributed by atoms with E-state index in [-0.39, 0.29) is 21.4 Å². The van der Waals surface area contributed by atoms with Gasteiger partial charge in [0.25, 0.3) is 0 Å². The van der Waals surface area contributed by atoms with Crippen molar-refractivity contribution in [3.05, 3.63) is 0 Å². The third-order valence-electron chi connectivity index (χ3n) is 0.383. The Hall–Kier alpha value is 0.999. The number of thiocarbonyl (C=S) groups is 2. The van der Waals surface area contributed by atoms with Crippen molar-refractivity contribution in [3.63, 3.8) is 0 Å². The molecule has 0 aromatic heterocycles. The Morgan fingerprint density at radius 1 is 1.27 bits per heavy atom. The van der Waals surface area contributed by atoms with Gasteiger partial charge in [0.15, 0.2) is 0 Å². The fourth-order valence-electron chi connectivity index (χ4n) is 0. The molecular weight excluding hydrogens is 283 g/mol. The van der Waals surface area contributed by atoms with Crippen LogP contribution in [-0.4, -0.2) is 44.7 Å². The molecule has 0 bridgehead atoms. The zero-order valence-electron chi connectivity index (χ0n) is 6.24. The third-order valence-corrected chi connectivity index (χ3v) is 1.15. The predicted octanol–water partition coefficient (Wildman–Crippen LogP) is 0.00630. The van der Waals surface area contributed by atoms with Crippen molar-refractivity contribution >= 4 is 75.4 Å². The summed E-state index contributed by atoms with van der Waals surface area (Å²) in [6, 6.07) is 0. The summed E-state index contributed by atoms with van der Waals surface area (Å²) >= 11 is 16.1. The minimum absolute atomic E-state index is 0. The van der Waals surface area contributed by atoms with Crippen LogP contribution < -0.4 is 5.73 Å². The molecule has 0 saturated carbocycles. The van der Waals surface area contributed by atoms with Crippen LogP contribution in [-0.2, 0) is 0 Å². The quantitative estimate of drug-likeness (QED) is 0.334. The Labute approximate surface area is 99.6 Å². The standard InChI is InChI=1S/C3H7NS2.CH3NS2.H2Se/c1-4(2)3(5)6;2-1(3)4;/h1-2H3,(H,5,6);(H3,2,3,4);1H2. The fraction of sp³-hybridized carbons (Fsp3) is 0.500. The molecule has 0 unspecified atom stereocenters. The van der Waals surface area contributed by atoms with Gasteiger partial charge >= 0.3 is 17.1 Å². The zero-order valence-corrected chi connectivity index (χ0v) is 11.8. The molecule has 0 saturated heterocycles. The van der Waals surface area contributed by atoms with Crippen LogP contribution in [0.1, 0.15) is 0 Å². The molecule has 0 spiro atoms. The van der Waals surface area contributed by atoms with Crippen molar-refractivity contribution in [3.8, 4) is 0 Å². The van der Waals surface area contributed by atoms with Crippen molar-refractivity contribution in [2.75, 3.05) is 14.1 Å². The van der Waals surface area contributed by atoms with Crippen LogP contribution in [0.25, 0.3) is 0 Å².